The summed E-state index contributed by atoms with van der Waals surface area (Å²) >= 11 is 2.86. The molecule has 0 heterocycles. The van der Waals surface area contributed by atoms with E-state index in [1.807, 2.05) is 5.32 Å². The Hall–Kier alpha value is -1.50. The van der Waals surface area contributed by atoms with Crippen LogP contribution in [0.2, 0.25) is 0 Å². The first-order valence-electron chi connectivity index (χ1n) is 4.51. The average molecular weight is 308 g/mol. The predicted octanol–water partition coefficient (Wildman–Crippen LogP) is 1.93. The Kier molecular flexibility index (Phi) is 4.17. The fraction of sp³-hybridized carbons (Fsp3) is 0.200. The summed E-state index contributed by atoms with van der Waals surface area (Å²) in [4.78, 5) is 21.9. The van der Waals surface area contributed by atoms with Crippen molar-refractivity contribution in [3.05, 3.63) is 33.8 Å². The van der Waals surface area contributed by atoms with Gasteiger partial charge in [0.25, 0.3) is 5.91 Å². The van der Waals surface area contributed by atoms with Gasteiger partial charge < -0.3 is 10.4 Å². The lowest BCUT2D eigenvalue weighted by molar-refractivity contribution is -0.138. The summed E-state index contributed by atoms with van der Waals surface area (Å²) in [7, 11) is 0. The van der Waals surface area contributed by atoms with Crippen molar-refractivity contribution >= 4 is 27.8 Å². The molecule has 17 heavy (non-hydrogen) atoms. The van der Waals surface area contributed by atoms with E-state index < -0.39 is 35.1 Å². The van der Waals surface area contributed by atoms with Gasteiger partial charge in [-0.3, -0.25) is 9.59 Å². The smallest absolute Gasteiger partial charge is 0.325 e. The number of carboxylic acid groups (broad SMARTS) is 1. The lowest BCUT2D eigenvalue weighted by atomic mass is 10.1. The SMILES string of the molecule is CC(NC(=O)c1c(F)cc(Br)cc1F)C(=O)O. The van der Waals surface area contributed by atoms with E-state index in [0.717, 1.165) is 12.1 Å². The van der Waals surface area contributed by atoms with Crippen molar-refractivity contribution in [2.24, 2.45) is 0 Å². The minimum atomic E-state index is -1.30. The number of hydrogen-bond donors (Lipinski definition) is 2. The Labute approximate surface area is 104 Å². The van der Waals surface area contributed by atoms with Gasteiger partial charge >= 0.3 is 5.97 Å². The van der Waals surface area contributed by atoms with E-state index in [4.69, 9.17) is 5.11 Å². The predicted molar refractivity (Wildman–Crippen MR) is 58.6 cm³/mol. The van der Waals surface area contributed by atoms with Crippen LogP contribution in [0.15, 0.2) is 16.6 Å². The molecule has 1 aromatic rings. The zero-order chi connectivity index (χ0) is 13.2. The minimum absolute atomic E-state index is 0.148. The fourth-order valence-corrected chi connectivity index (χ4v) is 1.49. The number of amides is 1. The van der Waals surface area contributed by atoms with Gasteiger partial charge in [0.1, 0.15) is 23.2 Å². The third-order valence-corrected chi connectivity index (χ3v) is 2.41. The summed E-state index contributed by atoms with van der Waals surface area (Å²) in [6, 6.07) is 0.609. The van der Waals surface area contributed by atoms with Crippen molar-refractivity contribution in [2.75, 3.05) is 0 Å². The number of halogens is 3. The molecule has 1 atom stereocenters. The number of rotatable bonds is 3. The first-order valence-corrected chi connectivity index (χ1v) is 5.30. The highest BCUT2D eigenvalue weighted by Gasteiger charge is 2.21. The fourth-order valence-electron chi connectivity index (χ4n) is 1.09. The van der Waals surface area contributed by atoms with Crippen LogP contribution in [0.3, 0.4) is 0 Å². The summed E-state index contributed by atoms with van der Waals surface area (Å²) in [5.74, 6) is -4.53. The topological polar surface area (TPSA) is 66.4 Å². The highest BCUT2D eigenvalue weighted by atomic mass is 79.9. The van der Waals surface area contributed by atoms with Crippen LogP contribution in [-0.2, 0) is 4.79 Å². The molecule has 0 aromatic heterocycles. The lowest BCUT2D eigenvalue weighted by Crippen LogP contribution is -2.39. The van der Waals surface area contributed by atoms with Crippen LogP contribution in [0.4, 0.5) is 8.78 Å². The summed E-state index contributed by atoms with van der Waals surface area (Å²) in [6.45, 7) is 1.19. The molecular weight excluding hydrogens is 300 g/mol. The van der Waals surface area contributed by atoms with Crippen LogP contribution < -0.4 is 5.32 Å². The molecule has 7 heteroatoms. The van der Waals surface area contributed by atoms with Gasteiger partial charge in [-0.2, -0.15) is 0 Å². The van der Waals surface area contributed by atoms with Crippen LogP contribution >= 0.6 is 15.9 Å². The van der Waals surface area contributed by atoms with E-state index in [-0.39, 0.29) is 4.47 Å². The normalized spacial score (nSPS) is 12.0. The van der Waals surface area contributed by atoms with Gasteiger partial charge in [0.15, 0.2) is 0 Å². The van der Waals surface area contributed by atoms with E-state index in [1.165, 1.54) is 6.92 Å². The molecule has 0 saturated heterocycles. The molecule has 0 saturated carbocycles. The molecule has 1 aromatic carbocycles. The van der Waals surface area contributed by atoms with Crippen molar-refractivity contribution in [2.45, 2.75) is 13.0 Å². The third-order valence-electron chi connectivity index (χ3n) is 1.95. The maximum absolute atomic E-state index is 13.3. The van der Waals surface area contributed by atoms with Crippen LogP contribution in [0.1, 0.15) is 17.3 Å². The van der Waals surface area contributed by atoms with Gasteiger partial charge in [-0.1, -0.05) is 15.9 Å². The van der Waals surface area contributed by atoms with Gasteiger partial charge in [0, 0.05) is 4.47 Å². The molecule has 0 bridgehead atoms. The van der Waals surface area contributed by atoms with Crippen LogP contribution in [-0.4, -0.2) is 23.0 Å². The van der Waals surface area contributed by atoms with Crippen LogP contribution in [0.25, 0.3) is 0 Å². The van der Waals surface area contributed by atoms with Crippen LogP contribution in [0.5, 0.6) is 0 Å². The molecule has 1 rings (SSSR count). The molecule has 0 aliphatic rings. The molecule has 0 aliphatic heterocycles. The Morgan fingerprint density at radius 2 is 1.82 bits per heavy atom. The van der Waals surface area contributed by atoms with Gasteiger partial charge in [0.05, 0.1) is 0 Å². The number of carboxylic acids is 1. The maximum Gasteiger partial charge on any atom is 0.325 e. The largest absolute Gasteiger partial charge is 0.480 e. The van der Waals surface area contributed by atoms with Crippen LogP contribution in [0, 0.1) is 11.6 Å². The lowest BCUT2D eigenvalue weighted by Gasteiger charge is -2.10. The first kappa shape index (κ1) is 13.6. The van der Waals surface area contributed by atoms with E-state index in [1.54, 1.807) is 0 Å². The summed E-state index contributed by atoms with van der Waals surface area (Å²) in [5.41, 5.74) is -0.804. The van der Waals surface area contributed by atoms with E-state index in [9.17, 15) is 18.4 Å². The van der Waals surface area contributed by atoms with Gasteiger partial charge in [-0.25, -0.2) is 8.78 Å². The quantitative estimate of drug-likeness (QED) is 0.896. The van der Waals surface area contributed by atoms with Crippen molar-refractivity contribution in [1.82, 2.24) is 5.32 Å². The molecule has 2 N–H and O–H groups in total. The summed E-state index contributed by atoms with van der Waals surface area (Å²) in [5, 5.41) is 10.5. The number of carbonyl (C=O) groups excluding carboxylic acids is 1. The van der Waals surface area contributed by atoms with Crippen molar-refractivity contribution in [3.63, 3.8) is 0 Å². The third kappa shape index (κ3) is 3.23. The van der Waals surface area contributed by atoms with E-state index in [2.05, 4.69) is 15.9 Å². The second kappa shape index (κ2) is 5.22. The van der Waals surface area contributed by atoms with E-state index in [0.29, 0.717) is 0 Å². The Morgan fingerprint density at radius 3 is 2.24 bits per heavy atom. The molecule has 92 valence electrons. The monoisotopic (exact) mass is 307 g/mol. The molecule has 4 nitrogen and oxygen atoms in total. The molecule has 0 spiro atoms. The molecular formula is C10H8BrF2NO3. The second-order valence-corrected chi connectivity index (χ2v) is 4.19. The first-order chi connectivity index (χ1) is 7.82. The van der Waals surface area contributed by atoms with Crippen molar-refractivity contribution in [1.29, 1.82) is 0 Å². The molecule has 0 fully saturated rings. The van der Waals surface area contributed by atoms with Crippen molar-refractivity contribution < 1.29 is 23.5 Å². The average Bonchev–Trinajstić information content (AvgIpc) is 2.15. The Bertz CT molecular complexity index is 456. The standard InChI is InChI=1S/C10H8BrF2NO3/c1-4(10(16)17)14-9(15)8-6(12)2-5(11)3-7(8)13/h2-4H,1H3,(H,14,15)(H,16,17). The Balaban J connectivity index is 3.01. The number of benzene rings is 1. The van der Waals surface area contributed by atoms with E-state index >= 15 is 0 Å². The number of carbonyl (C=O) groups is 2. The maximum atomic E-state index is 13.3. The molecule has 1 amide bonds. The number of aliphatic carboxylic acids is 1. The van der Waals surface area contributed by atoms with Gasteiger partial charge in [-0.15, -0.1) is 0 Å². The highest BCUT2D eigenvalue weighted by molar-refractivity contribution is 9.10. The van der Waals surface area contributed by atoms with Gasteiger partial charge in [0.2, 0.25) is 0 Å². The zero-order valence-corrected chi connectivity index (χ0v) is 10.2. The molecule has 0 radical (unpaired) electrons. The molecule has 1 unspecified atom stereocenters. The highest BCUT2D eigenvalue weighted by Crippen LogP contribution is 2.19. The molecule has 0 aliphatic carbocycles. The summed E-state index contributed by atoms with van der Waals surface area (Å²) < 4.78 is 26.8. The zero-order valence-electron chi connectivity index (χ0n) is 8.63. The van der Waals surface area contributed by atoms with Crippen molar-refractivity contribution in [3.8, 4) is 0 Å². The minimum Gasteiger partial charge on any atom is -0.480 e. The summed E-state index contributed by atoms with van der Waals surface area (Å²) in [6.07, 6.45) is 0. The Morgan fingerprint density at radius 1 is 1.35 bits per heavy atom. The van der Waals surface area contributed by atoms with Gasteiger partial charge in [-0.05, 0) is 19.1 Å². The number of hydrogen-bond acceptors (Lipinski definition) is 2. The number of nitrogens with one attached hydrogen (secondary N) is 1. The second-order valence-electron chi connectivity index (χ2n) is 3.28.